The lowest BCUT2D eigenvalue weighted by Crippen LogP contribution is -2.61. The Morgan fingerprint density at radius 3 is 2.44 bits per heavy atom. The molecule has 4 fully saturated rings. The van der Waals surface area contributed by atoms with E-state index < -0.39 is 29.7 Å². The number of amides is 5. The average molecular weight is 868 g/mol. The number of nitrogens with one attached hydrogen (secondary N) is 2. The number of nitrogens with zero attached hydrogens (tertiary/aromatic N) is 11. The van der Waals surface area contributed by atoms with Gasteiger partial charge in [0.1, 0.15) is 12.1 Å². The van der Waals surface area contributed by atoms with Crippen molar-refractivity contribution in [3.8, 4) is 28.0 Å². The third-order valence-corrected chi connectivity index (χ3v) is 13.9. The van der Waals surface area contributed by atoms with Crippen molar-refractivity contribution in [3.63, 3.8) is 0 Å². The van der Waals surface area contributed by atoms with Crippen LogP contribution in [0.3, 0.4) is 0 Å². The Bertz CT molecular complexity index is 2730. The number of fused-ring (bicyclic) bond motifs is 2. The Kier molecular flexibility index (Phi) is 10.1. The van der Waals surface area contributed by atoms with Crippen molar-refractivity contribution in [1.29, 1.82) is 5.26 Å². The highest BCUT2D eigenvalue weighted by Gasteiger charge is 2.48. The predicted octanol–water partition coefficient (Wildman–Crippen LogP) is 3.26. The van der Waals surface area contributed by atoms with Gasteiger partial charge >= 0.3 is 0 Å². The van der Waals surface area contributed by atoms with E-state index in [9.17, 15) is 29.2 Å². The lowest BCUT2D eigenvalue weighted by atomic mass is 9.71. The van der Waals surface area contributed by atoms with Crippen molar-refractivity contribution >= 4 is 62.9 Å². The molecular weight excluding hydrogens is 823 g/mol. The molecule has 63 heavy (non-hydrogen) atoms. The van der Waals surface area contributed by atoms with Crippen LogP contribution in [-0.2, 0) is 14.4 Å². The molecule has 4 aromatic heterocycles. The molecule has 4 saturated heterocycles. The molecule has 10 rings (SSSR count). The van der Waals surface area contributed by atoms with E-state index in [1.165, 1.54) is 11.3 Å². The van der Waals surface area contributed by atoms with Crippen molar-refractivity contribution in [1.82, 2.24) is 44.8 Å². The number of carbonyl (C=O) groups excluding carboxylic acids is 5. The van der Waals surface area contributed by atoms with Gasteiger partial charge in [0.15, 0.2) is 5.01 Å². The van der Waals surface area contributed by atoms with Crippen LogP contribution in [0.25, 0.3) is 27.5 Å². The van der Waals surface area contributed by atoms with Crippen LogP contribution in [0.15, 0.2) is 54.9 Å². The van der Waals surface area contributed by atoms with Crippen molar-refractivity contribution < 1.29 is 24.0 Å². The molecule has 0 aliphatic carbocycles. The van der Waals surface area contributed by atoms with Gasteiger partial charge in [0.25, 0.3) is 11.8 Å². The number of piperidine rings is 2. The molecule has 0 radical (unpaired) electrons. The Labute approximate surface area is 366 Å². The van der Waals surface area contributed by atoms with Crippen LogP contribution < -0.4 is 20.4 Å². The van der Waals surface area contributed by atoms with Crippen LogP contribution in [0, 0.1) is 16.7 Å². The molecule has 9 heterocycles. The minimum atomic E-state index is -0.988. The predicted molar refractivity (Wildman–Crippen MR) is 233 cm³/mol. The van der Waals surface area contributed by atoms with Gasteiger partial charge in [-0.15, -0.1) is 10.2 Å². The zero-order valence-corrected chi connectivity index (χ0v) is 35.7. The second-order valence-corrected chi connectivity index (χ2v) is 18.3. The number of piperazine rings is 1. The third kappa shape index (κ3) is 7.42. The molecule has 5 aliphatic rings. The van der Waals surface area contributed by atoms with Crippen LogP contribution in [-0.4, -0.2) is 140 Å². The first kappa shape index (κ1) is 40.3. The largest absolute Gasteiger partial charge is 0.382 e. The summed E-state index contributed by atoms with van der Waals surface area (Å²) in [4.78, 5) is 78.5. The summed E-state index contributed by atoms with van der Waals surface area (Å²) in [5, 5.41) is 30.2. The van der Waals surface area contributed by atoms with Crippen molar-refractivity contribution in [2.75, 3.05) is 74.0 Å². The molecule has 19 heteroatoms. The van der Waals surface area contributed by atoms with Gasteiger partial charge in [0, 0.05) is 74.7 Å². The topological polar surface area (TPSA) is 205 Å². The number of rotatable bonds is 9. The number of carbonyl (C=O) groups is 5. The van der Waals surface area contributed by atoms with Gasteiger partial charge < -0.3 is 20.0 Å². The van der Waals surface area contributed by atoms with Crippen molar-refractivity contribution in [2.45, 2.75) is 51.6 Å². The zero-order valence-electron chi connectivity index (χ0n) is 34.9. The van der Waals surface area contributed by atoms with Gasteiger partial charge in [0.05, 0.1) is 51.9 Å². The van der Waals surface area contributed by atoms with Gasteiger partial charge in [-0.1, -0.05) is 11.3 Å². The monoisotopic (exact) mass is 867 g/mol. The zero-order chi connectivity index (χ0) is 43.6. The van der Waals surface area contributed by atoms with Crippen LogP contribution in [0.4, 0.5) is 16.5 Å². The molecule has 5 aromatic rings. The summed E-state index contributed by atoms with van der Waals surface area (Å²) in [5.41, 5.74) is 6.15. The van der Waals surface area contributed by atoms with E-state index in [0.717, 1.165) is 87.9 Å². The Balaban J connectivity index is 0.710. The first-order valence-corrected chi connectivity index (χ1v) is 22.1. The number of aromatic nitrogens is 5. The minimum absolute atomic E-state index is 0.0805. The van der Waals surface area contributed by atoms with E-state index in [0.29, 0.717) is 38.3 Å². The molecule has 0 bridgehead atoms. The van der Waals surface area contributed by atoms with Crippen molar-refractivity contribution in [3.05, 3.63) is 71.5 Å². The molecule has 1 aromatic carbocycles. The number of anilines is 3. The number of hydrogen-bond donors (Lipinski definition) is 2. The fourth-order valence-corrected chi connectivity index (χ4v) is 10.4. The van der Waals surface area contributed by atoms with E-state index in [4.69, 9.17) is 4.98 Å². The molecule has 5 aliphatic heterocycles. The smallest absolute Gasteiger partial charge is 0.262 e. The van der Waals surface area contributed by atoms with E-state index in [1.54, 1.807) is 28.9 Å². The molecule has 1 unspecified atom stereocenters. The second-order valence-electron chi connectivity index (χ2n) is 17.4. The first-order valence-electron chi connectivity index (χ1n) is 21.3. The highest BCUT2D eigenvalue weighted by Crippen LogP contribution is 2.44. The molecule has 322 valence electrons. The van der Waals surface area contributed by atoms with Crippen LogP contribution in [0.1, 0.15) is 65.8 Å². The maximum absolute atomic E-state index is 13.5. The number of hydrogen-bond acceptors (Lipinski definition) is 15. The number of pyridine rings is 1. The normalized spacial score (nSPS) is 20.1. The number of nitriles is 1. The second kappa shape index (κ2) is 15.8. The van der Waals surface area contributed by atoms with Crippen LogP contribution in [0.2, 0.25) is 0 Å². The molecule has 1 spiro atoms. The van der Waals surface area contributed by atoms with Crippen molar-refractivity contribution in [2.24, 2.45) is 5.41 Å². The summed E-state index contributed by atoms with van der Waals surface area (Å²) in [5.74, 6) is -1.89. The van der Waals surface area contributed by atoms with Crippen LogP contribution in [0.5, 0.6) is 0 Å². The summed E-state index contributed by atoms with van der Waals surface area (Å²) in [7, 11) is 0. The van der Waals surface area contributed by atoms with Gasteiger partial charge in [-0.2, -0.15) is 10.4 Å². The maximum Gasteiger partial charge on any atom is 0.262 e. The molecular formula is C44H45N13O5S. The summed E-state index contributed by atoms with van der Waals surface area (Å²) in [6, 6.07) is 14.2. The molecule has 2 N–H and O–H groups in total. The van der Waals surface area contributed by atoms with Gasteiger partial charge in [0.2, 0.25) is 22.9 Å². The summed E-state index contributed by atoms with van der Waals surface area (Å²) < 4.78 is 1.78. The maximum atomic E-state index is 13.5. The SMILES string of the molecule is CC(C)Nc1cc(-c2ccc3cc(C#N)cnn23)ncc1-c1nnc(N2CCN(C(=O)CN3CCC4(CC3)CN(c3ccc5c(c3)C(=O)N(C3CCC(=O)NC3=O)C5=O)C4)CC2)s1. The van der Waals surface area contributed by atoms with E-state index >= 15 is 0 Å². The lowest BCUT2D eigenvalue weighted by Gasteiger charge is -2.55. The highest BCUT2D eigenvalue weighted by molar-refractivity contribution is 7.18. The summed E-state index contributed by atoms with van der Waals surface area (Å²) in [6.07, 6.45) is 5.50. The van der Waals surface area contributed by atoms with Gasteiger partial charge in [-0.05, 0) is 88.7 Å². The standard InChI is InChI=1S/C44H45N13O5S/c1-26(2)48-33-19-34(35-6-4-29-17-27(20-45)21-47-57(29)35)46-22-32(33)40-50-51-43(63-40)54-15-13-53(14-16-54)38(59)23-52-11-9-44(10-12-52)24-55(25-44)28-3-5-30-31(18-28)42(62)56(41(30)61)36-7-8-37(58)49-39(36)60/h3-6,17-19,21-22,26,36H,7-16,23-25H2,1-2H3,(H,46,48)(H,49,58,60). The Hall–Kier alpha value is -6.78. The number of likely N-dealkylation sites (tertiary alicyclic amines) is 1. The summed E-state index contributed by atoms with van der Waals surface area (Å²) >= 11 is 1.51. The van der Waals surface area contributed by atoms with E-state index in [1.807, 2.05) is 35.4 Å². The Morgan fingerprint density at radius 1 is 0.921 bits per heavy atom. The van der Waals surface area contributed by atoms with Gasteiger partial charge in [-0.25, -0.2) is 4.52 Å². The highest BCUT2D eigenvalue weighted by atomic mass is 32.1. The average Bonchev–Trinajstić information content (AvgIpc) is 3.99. The third-order valence-electron chi connectivity index (χ3n) is 12.9. The fourth-order valence-electron chi connectivity index (χ4n) is 9.44. The van der Waals surface area contributed by atoms with Gasteiger partial charge in [-0.3, -0.25) is 44.1 Å². The first-order chi connectivity index (χ1) is 30.5. The number of benzene rings is 1. The Morgan fingerprint density at radius 2 is 1.70 bits per heavy atom. The van der Waals surface area contributed by atoms with E-state index in [2.05, 4.69) is 60.5 Å². The fraction of sp³-hybridized carbons (Fsp3) is 0.409. The molecule has 5 amide bonds. The summed E-state index contributed by atoms with van der Waals surface area (Å²) in [6.45, 7) is 10.4. The molecule has 1 atom stereocenters. The minimum Gasteiger partial charge on any atom is -0.382 e. The lowest BCUT2D eigenvalue weighted by molar-refractivity contribution is -0.136. The molecule has 0 saturated carbocycles. The van der Waals surface area contributed by atoms with E-state index in [-0.39, 0.29) is 41.3 Å². The van der Waals surface area contributed by atoms with Crippen LogP contribution >= 0.6 is 11.3 Å². The molecule has 18 nitrogen and oxygen atoms in total. The number of imide groups is 2. The quantitative estimate of drug-likeness (QED) is 0.204.